The summed E-state index contributed by atoms with van der Waals surface area (Å²) in [6, 6.07) is 3.59. The number of pyridine rings is 1. The summed E-state index contributed by atoms with van der Waals surface area (Å²) in [4.78, 5) is 15.8. The van der Waals surface area contributed by atoms with Gasteiger partial charge in [0.1, 0.15) is 11.5 Å². The van der Waals surface area contributed by atoms with Crippen LogP contribution in [0.1, 0.15) is 41.6 Å². The number of ether oxygens (including phenoxy) is 1. The number of nitrogens with zero attached hydrogens (tertiary/aromatic N) is 5. The van der Waals surface area contributed by atoms with Gasteiger partial charge in [-0.05, 0) is 43.5 Å². The summed E-state index contributed by atoms with van der Waals surface area (Å²) in [5.41, 5.74) is -1.56. The number of aromatic nitrogens is 5. The Morgan fingerprint density at radius 2 is 1.77 bits per heavy atom. The molecular formula is C22H21F6N5O2. The Hall–Kier alpha value is -3.51. The average Bonchev–Trinajstić information content (AvgIpc) is 3.14. The molecule has 7 nitrogen and oxygen atoms in total. The van der Waals surface area contributed by atoms with Crippen molar-refractivity contribution in [2.75, 3.05) is 6.61 Å². The smallest absolute Gasteiger partial charge is 0.435 e. The van der Waals surface area contributed by atoms with E-state index in [1.54, 1.807) is 13.8 Å². The fourth-order valence-corrected chi connectivity index (χ4v) is 3.41. The van der Waals surface area contributed by atoms with Gasteiger partial charge in [-0.15, -0.1) is 5.10 Å². The number of halogens is 6. The van der Waals surface area contributed by atoms with Gasteiger partial charge in [0.25, 0.3) is 0 Å². The van der Waals surface area contributed by atoms with Crippen LogP contribution in [0.3, 0.4) is 0 Å². The van der Waals surface area contributed by atoms with Crippen molar-refractivity contribution in [3.63, 3.8) is 0 Å². The molecule has 0 saturated heterocycles. The molecule has 0 aromatic carbocycles. The van der Waals surface area contributed by atoms with E-state index in [2.05, 4.69) is 20.3 Å². The van der Waals surface area contributed by atoms with Gasteiger partial charge in [-0.1, -0.05) is 0 Å². The van der Waals surface area contributed by atoms with Crippen molar-refractivity contribution in [3.8, 4) is 17.1 Å². The van der Waals surface area contributed by atoms with E-state index >= 15 is 0 Å². The molecule has 0 N–H and O–H groups in total. The molecule has 0 amide bonds. The Balaban J connectivity index is 1.72. The van der Waals surface area contributed by atoms with E-state index in [0.717, 1.165) is 10.7 Å². The molecule has 0 aliphatic carbocycles. The highest BCUT2D eigenvalue weighted by atomic mass is 19.4. The van der Waals surface area contributed by atoms with E-state index in [0.29, 0.717) is 11.3 Å². The predicted octanol–water partition coefficient (Wildman–Crippen LogP) is 4.76. The molecule has 0 fully saturated rings. The van der Waals surface area contributed by atoms with Gasteiger partial charge < -0.3 is 4.74 Å². The van der Waals surface area contributed by atoms with Crippen molar-refractivity contribution >= 4 is 5.78 Å². The first-order valence-electron chi connectivity index (χ1n) is 10.4. The minimum atomic E-state index is -4.69. The molecule has 0 unspecified atom stereocenters. The molecule has 0 spiro atoms. The van der Waals surface area contributed by atoms with Crippen LogP contribution in [-0.4, -0.2) is 37.4 Å². The van der Waals surface area contributed by atoms with Crippen LogP contribution in [0.15, 0.2) is 24.4 Å². The molecule has 0 saturated carbocycles. The maximum Gasteiger partial charge on any atom is 0.435 e. The monoisotopic (exact) mass is 501 g/mol. The lowest BCUT2D eigenvalue weighted by Gasteiger charge is -2.11. The molecular weight excluding hydrogens is 480 g/mol. The van der Waals surface area contributed by atoms with Crippen molar-refractivity contribution in [2.45, 2.75) is 45.5 Å². The zero-order chi connectivity index (χ0) is 26.0. The quantitative estimate of drug-likeness (QED) is 0.414. The Bertz CT molecular complexity index is 1220. The first kappa shape index (κ1) is 26.1. The lowest BCUT2D eigenvalue weighted by molar-refractivity contribution is -0.142. The van der Waals surface area contributed by atoms with Crippen molar-refractivity contribution < 1.29 is 35.9 Å². The van der Waals surface area contributed by atoms with E-state index in [9.17, 15) is 31.1 Å². The molecule has 0 aliphatic rings. The number of alkyl halides is 6. The van der Waals surface area contributed by atoms with E-state index < -0.39 is 23.7 Å². The van der Waals surface area contributed by atoms with E-state index in [4.69, 9.17) is 4.74 Å². The number of Topliss-reactive ketones (excluding diaryl/α,β-unsaturated/α-hetero) is 1. The van der Waals surface area contributed by atoms with Gasteiger partial charge in [-0.25, -0.2) is 4.98 Å². The average molecular weight is 501 g/mol. The summed E-state index contributed by atoms with van der Waals surface area (Å²) in [7, 11) is 1.36. The summed E-state index contributed by atoms with van der Waals surface area (Å²) >= 11 is 0. The lowest BCUT2D eigenvalue weighted by Crippen LogP contribution is -2.12. The fourth-order valence-electron chi connectivity index (χ4n) is 3.41. The van der Waals surface area contributed by atoms with E-state index in [1.165, 1.54) is 25.4 Å². The van der Waals surface area contributed by atoms with Crippen LogP contribution in [0, 0.1) is 6.92 Å². The van der Waals surface area contributed by atoms with E-state index in [-0.39, 0.29) is 54.4 Å². The van der Waals surface area contributed by atoms with Crippen molar-refractivity contribution in [3.05, 3.63) is 52.6 Å². The Morgan fingerprint density at radius 3 is 2.37 bits per heavy atom. The molecule has 3 aromatic heterocycles. The number of rotatable bonds is 8. The molecule has 188 valence electrons. The van der Waals surface area contributed by atoms with Crippen LogP contribution in [0.2, 0.25) is 0 Å². The minimum Gasteiger partial charge on any atom is -0.478 e. The zero-order valence-corrected chi connectivity index (χ0v) is 19.0. The van der Waals surface area contributed by atoms with Gasteiger partial charge in [0.15, 0.2) is 5.69 Å². The third kappa shape index (κ3) is 6.55. The Labute approximate surface area is 196 Å². The Kier molecular flexibility index (Phi) is 7.46. The van der Waals surface area contributed by atoms with Gasteiger partial charge in [0.05, 0.1) is 23.6 Å². The number of hydrogen-bond donors (Lipinski definition) is 0. The molecule has 0 aliphatic heterocycles. The van der Waals surface area contributed by atoms with Crippen molar-refractivity contribution in [2.24, 2.45) is 7.05 Å². The first-order valence-corrected chi connectivity index (χ1v) is 10.4. The zero-order valence-electron chi connectivity index (χ0n) is 19.0. The number of carbonyl (C=O) groups excluding carboxylic acids is 1. The van der Waals surface area contributed by atoms with Crippen LogP contribution in [0.25, 0.3) is 11.3 Å². The van der Waals surface area contributed by atoms with Crippen molar-refractivity contribution in [1.82, 2.24) is 25.0 Å². The summed E-state index contributed by atoms with van der Waals surface area (Å²) in [6.07, 6.45) is -8.38. The second-order valence-corrected chi connectivity index (χ2v) is 7.78. The molecule has 13 heteroatoms. The SMILES string of the molecule is CCOc1cc(CC(=O)CCc2cc(C)c(-c3cn(C)nc3C(F)(F)F)nn2)cc(C(F)(F)F)n1. The maximum atomic E-state index is 13.3. The summed E-state index contributed by atoms with van der Waals surface area (Å²) in [5.74, 6) is -0.585. The van der Waals surface area contributed by atoms with Crippen LogP contribution in [0.5, 0.6) is 5.88 Å². The third-order valence-electron chi connectivity index (χ3n) is 4.89. The number of carbonyl (C=O) groups is 1. The highest BCUT2D eigenvalue weighted by Gasteiger charge is 2.38. The Morgan fingerprint density at radius 1 is 1.06 bits per heavy atom. The molecule has 3 rings (SSSR count). The molecule has 0 bridgehead atoms. The van der Waals surface area contributed by atoms with Gasteiger partial charge >= 0.3 is 12.4 Å². The lowest BCUT2D eigenvalue weighted by atomic mass is 10.0. The topological polar surface area (TPSA) is 82.8 Å². The normalized spacial score (nSPS) is 12.1. The fraction of sp³-hybridized carbons (Fsp3) is 0.409. The van der Waals surface area contributed by atoms with Gasteiger partial charge in [0.2, 0.25) is 5.88 Å². The van der Waals surface area contributed by atoms with Gasteiger partial charge in [-0.3, -0.25) is 9.48 Å². The van der Waals surface area contributed by atoms with Crippen LogP contribution < -0.4 is 4.74 Å². The van der Waals surface area contributed by atoms with E-state index in [1.807, 2.05) is 0 Å². The standard InChI is InChI=1S/C22H21F6N5O2/c1-4-35-18-10-13(9-17(29-18)21(23,24)25)8-15(34)6-5-14-7-12(2)19(31-30-14)16-11-33(3)32-20(16)22(26,27)28/h7,9-11H,4-6,8H2,1-3H3. The summed E-state index contributed by atoms with van der Waals surface area (Å²) in [5, 5.41) is 11.3. The second kappa shape index (κ2) is 10.0. The predicted molar refractivity (Wildman–Crippen MR) is 111 cm³/mol. The molecule has 35 heavy (non-hydrogen) atoms. The largest absolute Gasteiger partial charge is 0.478 e. The summed E-state index contributed by atoms with van der Waals surface area (Å²) < 4.78 is 85.2. The molecule has 0 radical (unpaired) electrons. The first-order chi connectivity index (χ1) is 16.3. The molecule has 0 atom stereocenters. The highest BCUT2D eigenvalue weighted by molar-refractivity contribution is 5.81. The number of aryl methyl sites for hydroxylation is 3. The maximum absolute atomic E-state index is 13.3. The van der Waals surface area contributed by atoms with Gasteiger partial charge in [0, 0.05) is 32.2 Å². The van der Waals surface area contributed by atoms with Crippen LogP contribution >= 0.6 is 0 Å². The minimum absolute atomic E-state index is 0.0143. The van der Waals surface area contributed by atoms with Gasteiger partial charge in [-0.2, -0.15) is 36.5 Å². The highest BCUT2D eigenvalue weighted by Crippen LogP contribution is 2.36. The number of ketones is 1. The van der Waals surface area contributed by atoms with Crippen LogP contribution in [-0.2, 0) is 37.0 Å². The van der Waals surface area contributed by atoms with Crippen LogP contribution in [0.4, 0.5) is 26.3 Å². The number of hydrogen-bond acceptors (Lipinski definition) is 6. The van der Waals surface area contributed by atoms with Crippen molar-refractivity contribution in [1.29, 1.82) is 0 Å². The molecule has 3 aromatic rings. The second-order valence-electron chi connectivity index (χ2n) is 7.78. The third-order valence-corrected chi connectivity index (χ3v) is 4.89. The summed E-state index contributed by atoms with van der Waals surface area (Å²) in [6.45, 7) is 3.27. The molecule has 3 heterocycles.